The number of aromatic amines is 1. The number of hydrogen-bond acceptors (Lipinski definition) is 4. The van der Waals surface area contributed by atoms with E-state index in [-0.39, 0.29) is 29.5 Å². The summed E-state index contributed by atoms with van der Waals surface area (Å²) in [6, 6.07) is 1.80. The zero-order chi connectivity index (χ0) is 18.7. The summed E-state index contributed by atoms with van der Waals surface area (Å²) in [5.74, 6) is -0.0840. The van der Waals surface area contributed by atoms with E-state index >= 15 is 0 Å². The Bertz CT molecular complexity index is 901. The van der Waals surface area contributed by atoms with Crippen molar-refractivity contribution in [3.63, 3.8) is 0 Å². The minimum absolute atomic E-state index is 0.0840. The molecule has 2 N–H and O–H groups in total. The Morgan fingerprint density at radius 3 is 2.68 bits per heavy atom. The average Bonchev–Trinajstić information content (AvgIpc) is 2.86. The van der Waals surface area contributed by atoms with Gasteiger partial charge in [0.25, 0.3) is 5.56 Å². The van der Waals surface area contributed by atoms with E-state index in [1.165, 1.54) is 0 Å². The Balaban J connectivity index is 2.07. The lowest BCUT2D eigenvalue weighted by atomic mass is 9.99. The first-order valence-electron chi connectivity index (χ1n) is 8.16. The Morgan fingerprint density at radius 1 is 1.44 bits per heavy atom. The monoisotopic (exact) mass is 341 g/mol. The molecule has 132 valence electrons. The maximum atomic E-state index is 12.3. The number of aryl methyl sites for hydroxylation is 2. The number of amides is 1. The van der Waals surface area contributed by atoms with Gasteiger partial charge in [-0.1, -0.05) is 0 Å². The number of nitrogens with zero attached hydrogens (tertiary/aromatic N) is 3. The van der Waals surface area contributed by atoms with Crippen molar-refractivity contribution < 1.29 is 4.79 Å². The summed E-state index contributed by atoms with van der Waals surface area (Å²) >= 11 is 0. The van der Waals surface area contributed by atoms with E-state index < -0.39 is 0 Å². The molecule has 0 spiro atoms. The number of nitrogens with one attached hydrogen (secondary N) is 2. The van der Waals surface area contributed by atoms with E-state index in [0.29, 0.717) is 17.7 Å². The van der Waals surface area contributed by atoms with Crippen LogP contribution in [-0.4, -0.2) is 20.7 Å². The van der Waals surface area contributed by atoms with Gasteiger partial charge in [-0.3, -0.25) is 14.3 Å². The van der Waals surface area contributed by atoms with Crippen molar-refractivity contribution in [2.75, 3.05) is 0 Å². The van der Waals surface area contributed by atoms with Crippen molar-refractivity contribution in [1.82, 2.24) is 20.1 Å². The highest BCUT2D eigenvalue weighted by Gasteiger charge is 2.16. The number of pyridine rings is 1. The lowest BCUT2D eigenvalue weighted by Crippen LogP contribution is -2.27. The van der Waals surface area contributed by atoms with Crippen LogP contribution in [0.5, 0.6) is 0 Å². The highest BCUT2D eigenvalue weighted by Crippen LogP contribution is 2.18. The van der Waals surface area contributed by atoms with Gasteiger partial charge in [0.2, 0.25) is 5.91 Å². The van der Waals surface area contributed by atoms with Gasteiger partial charge in [-0.15, -0.1) is 0 Å². The molecular formula is C18H23N5O2. The largest absolute Gasteiger partial charge is 0.349 e. The number of carbonyl (C=O) groups is 1. The van der Waals surface area contributed by atoms with E-state index in [4.69, 9.17) is 5.26 Å². The second kappa shape index (κ2) is 7.34. The summed E-state index contributed by atoms with van der Waals surface area (Å²) < 4.78 is 1.77. The molecular weight excluding hydrogens is 318 g/mol. The number of hydrogen-bond donors (Lipinski definition) is 2. The summed E-state index contributed by atoms with van der Waals surface area (Å²) in [5.41, 5.74) is 3.92. The first kappa shape index (κ1) is 18.5. The van der Waals surface area contributed by atoms with Crippen molar-refractivity contribution in [1.29, 1.82) is 5.26 Å². The first-order valence-corrected chi connectivity index (χ1v) is 8.16. The third-order valence-corrected chi connectivity index (χ3v) is 4.64. The lowest BCUT2D eigenvalue weighted by molar-refractivity contribution is -0.121. The fraction of sp³-hybridized carbons (Fsp3) is 0.444. The van der Waals surface area contributed by atoms with Crippen molar-refractivity contribution >= 4 is 5.91 Å². The van der Waals surface area contributed by atoms with Gasteiger partial charge < -0.3 is 10.3 Å². The van der Waals surface area contributed by atoms with Crippen LogP contribution < -0.4 is 10.9 Å². The zero-order valence-electron chi connectivity index (χ0n) is 15.2. The maximum absolute atomic E-state index is 12.3. The number of carbonyl (C=O) groups excluding carboxylic acids is 1. The van der Waals surface area contributed by atoms with E-state index in [2.05, 4.69) is 15.4 Å². The van der Waals surface area contributed by atoms with E-state index in [9.17, 15) is 9.59 Å². The van der Waals surface area contributed by atoms with Crippen LogP contribution in [0.4, 0.5) is 0 Å². The molecule has 2 heterocycles. The van der Waals surface area contributed by atoms with Crippen molar-refractivity contribution in [3.8, 4) is 6.07 Å². The summed E-state index contributed by atoms with van der Waals surface area (Å²) in [7, 11) is 1.86. The van der Waals surface area contributed by atoms with E-state index in [1.54, 1.807) is 24.7 Å². The Kier molecular flexibility index (Phi) is 5.42. The number of aromatic nitrogens is 3. The number of rotatable bonds is 5. The van der Waals surface area contributed by atoms with Gasteiger partial charge in [0.15, 0.2) is 0 Å². The molecule has 1 atom stereocenters. The predicted octanol–water partition coefficient (Wildman–Crippen LogP) is 1.72. The molecule has 7 heteroatoms. The molecule has 0 aliphatic rings. The fourth-order valence-electron chi connectivity index (χ4n) is 2.99. The van der Waals surface area contributed by atoms with Crippen LogP contribution in [0.1, 0.15) is 53.0 Å². The summed E-state index contributed by atoms with van der Waals surface area (Å²) in [6.07, 6.45) is 2.51. The molecule has 0 fully saturated rings. The van der Waals surface area contributed by atoms with Crippen LogP contribution >= 0.6 is 0 Å². The molecule has 0 saturated carbocycles. The topological polar surface area (TPSA) is 104 Å². The standard InChI is InChI=1S/C18H23N5O2/c1-10-14(11(2)22-18(25)15(10)8-19)6-7-17(24)21-12(3)16-9-20-23(5)13(16)4/h9,12H,6-7H2,1-5H3,(H,21,24)(H,22,25). The molecule has 2 aromatic rings. The molecule has 0 aromatic carbocycles. The number of H-pyrrole nitrogens is 1. The Labute approximate surface area is 146 Å². The van der Waals surface area contributed by atoms with Gasteiger partial charge in [0.1, 0.15) is 11.6 Å². The van der Waals surface area contributed by atoms with Crippen LogP contribution in [-0.2, 0) is 18.3 Å². The van der Waals surface area contributed by atoms with Crippen LogP contribution in [0.3, 0.4) is 0 Å². The molecule has 0 bridgehead atoms. The quantitative estimate of drug-likeness (QED) is 0.864. The molecule has 1 unspecified atom stereocenters. The average molecular weight is 341 g/mol. The van der Waals surface area contributed by atoms with E-state index in [0.717, 1.165) is 16.8 Å². The normalized spacial score (nSPS) is 11.8. The molecule has 0 saturated heterocycles. The Hall–Kier alpha value is -2.88. The van der Waals surface area contributed by atoms with Gasteiger partial charge in [-0.05, 0) is 45.2 Å². The molecule has 2 aromatic heterocycles. The Morgan fingerprint density at radius 2 is 2.12 bits per heavy atom. The molecule has 0 aliphatic carbocycles. The van der Waals surface area contributed by atoms with Crippen LogP contribution in [0.25, 0.3) is 0 Å². The predicted molar refractivity (Wildman–Crippen MR) is 94.1 cm³/mol. The minimum Gasteiger partial charge on any atom is -0.349 e. The van der Waals surface area contributed by atoms with Crippen LogP contribution in [0.15, 0.2) is 11.0 Å². The SMILES string of the molecule is Cc1[nH]c(=O)c(C#N)c(C)c1CCC(=O)NC(C)c1cnn(C)c1C. The maximum Gasteiger partial charge on any atom is 0.266 e. The van der Waals surface area contributed by atoms with Gasteiger partial charge in [-0.2, -0.15) is 10.4 Å². The van der Waals surface area contributed by atoms with Crippen molar-refractivity contribution in [3.05, 3.63) is 50.2 Å². The molecule has 0 radical (unpaired) electrons. The second-order valence-electron chi connectivity index (χ2n) is 6.27. The highest BCUT2D eigenvalue weighted by atomic mass is 16.1. The molecule has 0 aliphatic heterocycles. The fourth-order valence-corrected chi connectivity index (χ4v) is 2.99. The second-order valence-corrected chi connectivity index (χ2v) is 6.27. The molecule has 1 amide bonds. The zero-order valence-corrected chi connectivity index (χ0v) is 15.2. The van der Waals surface area contributed by atoms with E-state index in [1.807, 2.05) is 27.0 Å². The summed E-state index contributed by atoms with van der Waals surface area (Å²) in [6.45, 7) is 7.41. The van der Waals surface area contributed by atoms with Crippen LogP contribution in [0, 0.1) is 32.1 Å². The summed E-state index contributed by atoms with van der Waals surface area (Å²) in [4.78, 5) is 26.7. The van der Waals surface area contributed by atoms with Crippen molar-refractivity contribution in [2.24, 2.45) is 7.05 Å². The van der Waals surface area contributed by atoms with Gasteiger partial charge in [-0.25, -0.2) is 0 Å². The molecule has 25 heavy (non-hydrogen) atoms. The van der Waals surface area contributed by atoms with Gasteiger partial charge in [0, 0.05) is 30.4 Å². The first-order chi connectivity index (χ1) is 11.8. The van der Waals surface area contributed by atoms with Gasteiger partial charge in [0.05, 0.1) is 12.2 Å². The molecule has 2 rings (SSSR count). The van der Waals surface area contributed by atoms with Gasteiger partial charge >= 0.3 is 0 Å². The third-order valence-electron chi connectivity index (χ3n) is 4.64. The number of nitriles is 1. The summed E-state index contributed by atoms with van der Waals surface area (Å²) in [5, 5.41) is 16.3. The van der Waals surface area contributed by atoms with Crippen LogP contribution in [0.2, 0.25) is 0 Å². The molecule has 7 nitrogen and oxygen atoms in total. The lowest BCUT2D eigenvalue weighted by Gasteiger charge is -2.15. The van der Waals surface area contributed by atoms with Crippen molar-refractivity contribution in [2.45, 2.75) is 46.6 Å². The third kappa shape index (κ3) is 3.79. The highest BCUT2D eigenvalue weighted by molar-refractivity contribution is 5.76. The minimum atomic E-state index is -0.383. The smallest absolute Gasteiger partial charge is 0.266 e.